The van der Waals surface area contributed by atoms with Crippen LogP contribution in [0.3, 0.4) is 0 Å². The van der Waals surface area contributed by atoms with Gasteiger partial charge in [-0.15, -0.1) is 0 Å². The highest BCUT2D eigenvalue weighted by Gasteiger charge is 2.15. The van der Waals surface area contributed by atoms with Crippen molar-refractivity contribution in [3.8, 4) is 6.07 Å². The molecule has 0 fully saturated rings. The Morgan fingerprint density at radius 3 is 2.92 bits per heavy atom. The van der Waals surface area contributed by atoms with Gasteiger partial charge in [0.05, 0.1) is 23.5 Å². The number of halogens is 2. The molecule has 24 heavy (non-hydrogen) atoms. The van der Waals surface area contributed by atoms with Gasteiger partial charge < -0.3 is 5.32 Å². The lowest BCUT2D eigenvalue weighted by molar-refractivity contribution is 0.102. The van der Waals surface area contributed by atoms with Gasteiger partial charge in [-0.3, -0.25) is 9.48 Å². The van der Waals surface area contributed by atoms with Gasteiger partial charge in [0.25, 0.3) is 11.7 Å². The maximum atomic E-state index is 12.6. The number of hydrogen-bond donors (Lipinski definition) is 1. The number of aromatic nitrogens is 2. The van der Waals surface area contributed by atoms with Crippen LogP contribution in [0.2, 0.25) is 0 Å². The molecule has 0 saturated heterocycles. The molecule has 5 nitrogen and oxygen atoms in total. The van der Waals surface area contributed by atoms with E-state index in [0.29, 0.717) is 30.4 Å². The first-order valence-electron chi connectivity index (χ1n) is 7.34. The number of carbonyl (C=O) groups excluding carboxylic acids is 1. The molecule has 0 bridgehead atoms. The third-order valence-corrected chi connectivity index (χ3v) is 3.95. The van der Waals surface area contributed by atoms with E-state index >= 15 is 0 Å². The number of unbranched alkanes of at least 4 members (excludes halogenated alkanes) is 2. The minimum Gasteiger partial charge on any atom is -0.319 e. The monoisotopic (exact) mass is 350 g/mol. The molecule has 0 radical (unpaired) electrons. The standard InChI is InChI=1S/C16H16F2N4OS/c17-16(18)24-14-7-3-2-6-13(14)15(23)21-12-10-20-22(11-12)9-5-1-4-8-19/h2-3,6-7,10-11,16H,1,4-5,9H2,(H,21,23). The van der Waals surface area contributed by atoms with Crippen molar-refractivity contribution in [1.82, 2.24) is 9.78 Å². The fourth-order valence-corrected chi connectivity index (χ4v) is 2.72. The Balaban J connectivity index is 1.98. The molecule has 126 valence electrons. The van der Waals surface area contributed by atoms with Crippen molar-refractivity contribution in [1.29, 1.82) is 5.26 Å². The van der Waals surface area contributed by atoms with Gasteiger partial charge >= 0.3 is 0 Å². The van der Waals surface area contributed by atoms with Crippen LogP contribution in [0.15, 0.2) is 41.6 Å². The number of hydrogen-bond acceptors (Lipinski definition) is 4. The number of alkyl halides is 2. The number of nitrogens with one attached hydrogen (secondary N) is 1. The van der Waals surface area contributed by atoms with Gasteiger partial charge in [0.2, 0.25) is 0 Å². The second kappa shape index (κ2) is 9.03. The third kappa shape index (κ3) is 5.35. The number of amides is 1. The van der Waals surface area contributed by atoms with E-state index in [1.165, 1.54) is 18.3 Å². The van der Waals surface area contributed by atoms with E-state index in [1.54, 1.807) is 23.0 Å². The van der Waals surface area contributed by atoms with Gasteiger partial charge in [0.15, 0.2) is 0 Å². The number of aryl methyl sites for hydroxylation is 1. The van der Waals surface area contributed by atoms with Gasteiger partial charge in [-0.25, -0.2) is 0 Å². The Hall–Kier alpha value is -2.40. The molecule has 0 saturated carbocycles. The van der Waals surface area contributed by atoms with E-state index in [1.807, 2.05) is 0 Å². The van der Waals surface area contributed by atoms with E-state index in [-0.39, 0.29) is 10.5 Å². The van der Waals surface area contributed by atoms with Crippen molar-refractivity contribution < 1.29 is 13.6 Å². The quantitative estimate of drug-likeness (QED) is 0.574. The first kappa shape index (κ1) is 17.9. The summed E-state index contributed by atoms with van der Waals surface area (Å²) in [6, 6.07) is 8.32. The van der Waals surface area contributed by atoms with Crippen LogP contribution in [-0.2, 0) is 6.54 Å². The van der Waals surface area contributed by atoms with E-state index in [0.717, 1.165) is 12.8 Å². The average Bonchev–Trinajstić information content (AvgIpc) is 2.99. The molecule has 0 aliphatic rings. The van der Waals surface area contributed by atoms with Gasteiger partial charge in [-0.2, -0.15) is 19.1 Å². The number of rotatable bonds is 8. The molecule has 8 heteroatoms. The van der Waals surface area contributed by atoms with Crippen LogP contribution in [0, 0.1) is 11.3 Å². The highest BCUT2D eigenvalue weighted by molar-refractivity contribution is 7.99. The zero-order chi connectivity index (χ0) is 17.4. The first-order valence-corrected chi connectivity index (χ1v) is 8.22. The maximum absolute atomic E-state index is 12.6. The third-order valence-electron chi connectivity index (χ3n) is 3.16. The molecule has 2 rings (SSSR count). The number of anilines is 1. The number of carbonyl (C=O) groups is 1. The minimum absolute atomic E-state index is 0.199. The average molecular weight is 350 g/mol. The largest absolute Gasteiger partial charge is 0.319 e. The lowest BCUT2D eigenvalue weighted by atomic mass is 10.2. The lowest BCUT2D eigenvalue weighted by Gasteiger charge is -2.08. The second-order valence-corrected chi connectivity index (χ2v) is 5.97. The molecule has 2 aromatic rings. The van der Waals surface area contributed by atoms with E-state index < -0.39 is 11.7 Å². The number of thioether (sulfide) groups is 1. The summed E-state index contributed by atoms with van der Waals surface area (Å²) in [7, 11) is 0. The lowest BCUT2D eigenvalue weighted by Crippen LogP contribution is -2.12. The van der Waals surface area contributed by atoms with E-state index in [9.17, 15) is 13.6 Å². The second-order valence-electron chi connectivity index (χ2n) is 4.94. The summed E-state index contributed by atoms with van der Waals surface area (Å²) in [6.07, 6.45) is 5.29. The van der Waals surface area contributed by atoms with Crippen LogP contribution in [0.4, 0.5) is 14.5 Å². The summed E-state index contributed by atoms with van der Waals surface area (Å²) in [5.74, 6) is -3.04. The summed E-state index contributed by atoms with van der Waals surface area (Å²) in [4.78, 5) is 12.5. The van der Waals surface area contributed by atoms with E-state index in [4.69, 9.17) is 5.26 Å². The maximum Gasteiger partial charge on any atom is 0.288 e. The van der Waals surface area contributed by atoms with Gasteiger partial charge in [0, 0.05) is 24.1 Å². The van der Waals surface area contributed by atoms with Crippen molar-refractivity contribution in [3.05, 3.63) is 42.2 Å². The fraction of sp³-hybridized carbons (Fsp3) is 0.312. The molecular weight excluding hydrogens is 334 g/mol. The summed E-state index contributed by atoms with van der Waals surface area (Å²) in [5.41, 5.74) is 0.696. The smallest absolute Gasteiger partial charge is 0.288 e. The number of benzene rings is 1. The SMILES string of the molecule is N#CCCCCn1cc(NC(=O)c2ccccc2SC(F)F)cn1. The highest BCUT2D eigenvalue weighted by atomic mass is 32.2. The zero-order valence-electron chi connectivity index (χ0n) is 12.8. The molecule has 1 amide bonds. The van der Waals surface area contributed by atoms with Crippen molar-refractivity contribution >= 4 is 23.4 Å². The van der Waals surface area contributed by atoms with Crippen LogP contribution in [-0.4, -0.2) is 21.4 Å². The highest BCUT2D eigenvalue weighted by Crippen LogP contribution is 2.28. The summed E-state index contributed by atoms with van der Waals surface area (Å²) in [5, 5.41) is 15.3. The molecule has 1 heterocycles. The topological polar surface area (TPSA) is 70.7 Å². The van der Waals surface area contributed by atoms with Crippen LogP contribution < -0.4 is 5.32 Å². The number of nitriles is 1. The normalized spacial score (nSPS) is 10.6. The molecule has 0 atom stereocenters. The van der Waals surface area contributed by atoms with Gasteiger partial charge in [-0.1, -0.05) is 23.9 Å². The predicted octanol–water partition coefficient (Wildman–Crippen LogP) is 4.14. The fourth-order valence-electron chi connectivity index (χ4n) is 2.08. The van der Waals surface area contributed by atoms with Gasteiger partial charge in [0.1, 0.15) is 0 Å². The Kier molecular flexibility index (Phi) is 6.75. The molecule has 0 spiro atoms. The Morgan fingerprint density at radius 1 is 1.38 bits per heavy atom. The molecule has 1 aromatic carbocycles. The van der Waals surface area contributed by atoms with Gasteiger partial charge in [-0.05, 0) is 25.0 Å². The van der Waals surface area contributed by atoms with Crippen LogP contribution >= 0.6 is 11.8 Å². The van der Waals surface area contributed by atoms with E-state index in [2.05, 4.69) is 16.5 Å². The van der Waals surface area contributed by atoms with Crippen molar-refractivity contribution in [3.63, 3.8) is 0 Å². The first-order chi connectivity index (χ1) is 11.6. The Morgan fingerprint density at radius 2 is 2.17 bits per heavy atom. The Labute approximate surface area is 142 Å². The zero-order valence-corrected chi connectivity index (χ0v) is 13.6. The molecule has 0 unspecified atom stereocenters. The summed E-state index contributed by atoms with van der Waals surface area (Å²) >= 11 is 0.344. The minimum atomic E-state index is -2.59. The molecule has 0 aliphatic heterocycles. The van der Waals surface area contributed by atoms with Crippen LogP contribution in [0.25, 0.3) is 0 Å². The molecular formula is C16H16F2N4OS. The van der Waals surface area contributed by atoms with Crippen LogP contribution in [0.1, 0.15) is 29.6 Å². The summed E-state index contributed by atoms with van der Waals surface area (Å²) in [6.45, 7) is 0.648. The van der Waals surface area contributed by atoms with Crippen molar-refractivity contribution in [2.75, 3.05) is 5.32 Å². The predicted molar refractivity (Wildman–Crippen MR) is 87.9 cm³/mol. The van der Waals surface area contributed by atoms with Crippen LogP contribution in [0.5, 0.6) is 0 Å². The van der Waals surface area contributed by atoms with Crippen molar-refractivity contribution in [2.24, 2.45) is 0 Å². The molecule has 1 aromatic heterocycles. The number of nitrogens with zero attached hydrogens (tertiary/aromatic N) is 3. The summed E-state index contributed by atoms with van der Waals surface area (Å²) < 4.78 is 26.8. The van der Waals surface area contributed by atoms with Crippen molar-refractivity contribution in [2.45, 2.75) is 36.5 Å². The molecule has 1 N–H and O–H groups in total. The Bertz CT molecular complexity index is 727. The molecule has 0 aliphatic carbocycles.